The molecule has 0 spiro atoms. The van der Waals surface area contributed by atoms with Crippen LogP contribution < -0.4 is 10.7 Å². The topological polar surface area (TPSA) is 99.3 Å². The Morgan fingerprint density at radius 2 is 2.00 bits per heavy atom. The second kappa shape index (κ2) is 5.35. The van der Waals surface area contributed by atoms with Gasteiger partial charge in [-0.2, -0.15) is 0 Å². The molecule has 0 aliphatic heterocycles. The Morgan fingerprint density at radius 3 is 2.65 bits per heavy atom. The van der Waals surface area contributed by atoms with Crippen LogP contribution in [0.5, 0.6) is 0 Å². The van der Waals surface area contributed by atoms with Crippen LogP contribution in [0, 0.1) is 5.82 Å². The summed E-state index contributed by atoms with van der Waals surface area (Å²) >= 11 is 0. The fraction of sp³-hybridized carbons (Fsp3) is 0. The lowest BCUT2D eigenvalue weighted by molar-refractivity contribution is 0.0696. The van der Waals surface area contributed by atoms with Crippen LogP contribution >= 0.6 is 0 Å². The van der Waals surface area contributed by atoms with Gasteiger partial charge in [-0.3, -0.25) is 9.59 Å². The van der Waals surface area contributed by atoms with Gasteiger partial charge in [0.2, 0.25) is 0 Å². The monoisotopic (exact) mass is 276 g/mol. The number of anilines is 1. The van der Waals surface area contributed by atoms with Crippen LogP contribution in [0.3, 0.4) is 0 Å². The summed E-state index contributed by atoms with van der Waals surface area (Å²) in [5.74, 6) is -2.87. The Hall–Kier alpha value is -2.96. The van der Waals surface area contributed by atoms with Crippen molar-refractivity contribution in [1.29, 1.82) is 0 Å². The molecule has 1 heterocycles. The number of aromatic carboxylic acids is 1. The van der Waals surface area contributed by atoms with Gasteiger partial charge in [-0.15, -0.1) is 0 Å². The largest absolute Gasteiger partial charge is 0.478 e. The molecule has 0 saturated carbocycles. The first-order valence-corrected chi connectivity index (χ1v) is 5.50. The third kappa shape index (κ3) is 2.72. The van der Waals surface area contributed by atoms with E-state index >= 15 is 0 Å². The van der Waals surface area contributed by atoms with E-state index in [4.69, 9.17) is 5.11 Å². The Bertz CT molecular complexity index is 739. The Balaban J connectivity index is 2.33. The van der Waals surface area contributed by atoms with Gasteiger partial charge in [0.25, 0.3) is 5.91 Å². The first-order chi connectivity index (χ1) is 9.49. The van der Waals surface area contributed by atoms with Crippen LogP contribution in [-0.2, 0) is 0 Å². The number of aromatic amines is 1. The van der Waals surface area contributed by atoms with Crippen molar-refractivity contribution in [2.45, 2.75) is 0 Å². The molecule has 6 nitrogen and oxygen atoms in total. The SMILES string of the molecule is O=C(O)c1ccc(F)c(NC(=O)c2c[nH]ccc2=O)c1. The molecule has 0 bridgehead atoms. The fourth-order valence-corrected chi connectivity index (χ4v) is 1.54. The molecular weight excluding hydrogens is 267 g/mol. The highest BCUT2D eigenvalue weighted by atomic mass is 19.1. The number of carbonyl (C=O) groups excluding carboxylic acids is 1. The van der Waals surface area contributed by atoms with Gasteiger partial charge < -0.3 is 15.4 Å². The van der Waals surface area contributed by atoms with Crippen molar-refractivity contribution in [1.82, 2.24) is 4.98 Å². The van der Waals surface area contributed by atoms with Gasteiger partial charge in [-0.1, -0.05) is 0 Å². The maximum Gasteiger partial charge on any atom is 0.335 e. The number of nitrogens with one attached hydrogen (secondary N) is 2. The summed E-state index contributed by atoms with van der Waals surface area (Å²) in [6.07, 6.45) is 2.53. The average Bonchev–Trinajstić information content (AvgIpc) is 2.41. The lowest BCUT2D eigenvalue weighted by Gasteiger charge is -2.06. The summed E-state index contributed by atoms with van der Waals surface area (Å²) in [6.45, 7) is 0. The first kappa shape index (κ1) is 13.5. The maximum atomic E-state index is 13.5. The second-order valence-corrected chi connectivity index (χ2v) is 3.88. The third-order valence-electron chi connectivity index (χ3n) is 2.53. The smallest absolute Gasteiger partial charge is 0.335 e. The predicted molar refractivity (Wildman–Crippen MR) is 68.4 cm³/mol. The molecule has 1 aromatic heterocycles. The van der Waals surface area contributed by atoms with E-state index < -0.39 is 23.1 Å². The summed E-state index contributed by atoms with van der Waals surface area (Å²) in [5, 5.41) is 11.0. The van der Waals surface area contributed by atoms with Crippen molar-refractivity contribution in [3.8, 4) is 0 Å². The summed E-state index contributed by atoms with van der Waals surface area (Å²) in [5.41, 5.74) is -1.22. The molecule has 0 fully saturated rings. The van der Waals surface area contributed by atoms with Gasteiger partial charge in [0.1, 0.15) is 11.4 Å². The van der Waals surface area contributed by atoms with Crippen molar-refractivity contribution in [3.05, 3.63) is 63.8 Å². The zero-order valence-corrected chi connectivity index (χ0v) is 10.0. The van der Waals surface area contributed by atoms with Gasteiger partial charge in [-0.05, 0) is 18.2 Å². The number of carboxylic acid groups (broad SMARTS) is 1. The van der Waals surface area contributed by atoms with E-state index in [-0.39, 0.29) is 16.8 Å². The normalized spacial score (nSPS) is 10.1. The summed E-state index contributed by atoms with van der Waals surface area (Å²) in [6, 6.07) is 4.13. The van der Waals surface area contributed by atoms with E-state index in [0.717, 1.165) is 24.3 Å². The van der Waals surface area contributed by atoms with Crippen molar-refractivity contribution in [2.75, 3.05) is 5.32 Å². The Labute approximate surface area is 111 Å². The quantitative estimate of drug-likeness (QED) is 0.790. The number of carboxylic acids is 1. The number of carbonyl (C=O) groups is 2. The summed E-state index contributed by atoms with van der Waals surface area (Å²) in [7, 11) is 0. The number of rotatable bonds is 3. The predicted octanol–water partition coefficient (Wildman–Crippen LogP) is 1.46. The van der Waals surface area contributed by atoms with E-state index in [1.807, 2.05) is 0 Å². The average molecular weight is 276 g/mol. The van der Waals surface area contributed by atoms with Crippen LogP contribution in [-0.4, -0.2) is 22.0 Å². The molecule has 0 aliphatic carbocycles. The third-order valence-corrected chi connectivity index (χ3v) is 2.53. The molecule has 0 saturated heterocycles. The molecule has 0 atom stereocenters. The van der Waals surface area contributed by atoms with Crippen molar-refractivity contribution >= 4 is 17.6 Å². The minimum Gasteiger partial charge on any atom is -0.478 e. The van der Waals surface area contributed by atoms with Crippen LogP contribution in [0.15, 0.2) is 41.5 Å². The molecule has 7 heteroatoms. The standard InChI is InChI=1S/C13H9FN2O4/c14-9-2-1-7(13(19)20)5-10(9)16-12(18)8-6-15-4-3-11(8)17/h1-6H,(H,15,17)(H,16,18)(H,19,20). The molecule has 20 heavy (non-hydrogen) atoms. The number of hydrogen-bond acceptors (Lipinski definition) is 3. The minimum atomic E-state index is -1.25. The van der Waals surface area contributed by atoms with Crippen molar-refractivity contribution in [2.24, 2.45) is 0 Å². The van der Waals surface area contributed by atoms with Gasteiger partial charge in [0.05, 0.1) is 11.3 Å². The van der Waals surface area contributed by atoms with Crippen LogP contribution in [0.25, 0.3) is 0 Å². The van der Waals surface area contributed by atoms with Crippen molar-refractivity contribution in [3.63, 3.8) is 0 Å². The number of H-pyrrole nitrogens is 1. The lowest BCUT2D eigenvalue weighted by atomic mass is 10.2. The molecule has 2 aromatic rings. The van der Waals surface area contributed by atoms with Gasteiger partial charge in [0.15, 0.2) is 5.43 Å². The highest BCUT2D eigenvalue weighted by Crippen LogP contribution is 2.16. The molecule has 2 rings (SSSR count). The molecule has 0 unspecified atom stereocenters. The van der Waals surface area contributed by atoms with E-state index in [2.05, 4.69) is 10.3 Å². The number of amides is 1. The minimum absolute atomic E-state index is 0.177. The molecule has 1 amide bonds. The van der Waals surface area contributed by atoms with E-state index in [9.17, 15) is 18.8 Å². The number of halogens is 1. The molecule has 102 valence electrons. The number of aromatic nitrogens is 1. The molecule has 3 N–H and O–H groups in total. The first-order valence-electron chi connectivity index (χ1n) is 5.50. The van der Waals surface area contributed by atoms with Gasteiger partial charge >= 0.3 is 5.97 Å². The number of hydrogen-bond donors (Lipinski definition) is 3. The van der Waals surface area contributed by atoms with E-state index in [0.29, 0.717) is 0 Å². The number of benzene rings is 1. The lowest BCUT2D eigenvalue weighted by Crippen LogP contribution is -2.21. The van der Waals surface area contributed by atoms with Gasteiger partial charge in [-0.25, -0.2) is 9.18 Å². The molecule has 0 aliphatic rings. The number of pyridine rings is 1. The van der Waals surface area contributed by atoms with E-state index in [1.54, 1.807) is 0 Å². The molecular formula is C13H9FN2O4. The molecule has 1 aromatic carbocycles. The Kier molecular flexibility index (Phi) is 3.60. The molecule has 0 radical (unpaired) electrons. The van der Waals surface area contributed by atoms with Crippen LogP contribution in [0.4, 0.5) is 10.1 Å². The zero-order valence-electron chi connectivity index (χ0n) is 10.0. The van der Waals surface area contributed by atoms with E-state index in [1.165, 1.54) is 12.4 Å². The van der Waals surface area contributed by atoms with Gasteiger partial charge in [0, 0.05) is 18.5 Å². The van der Waals surface area contributed by atoms with Crippen LogP contribution in [0.2, 0.25) is 0 Å². The second-order valence-electron chi connectivity index (χ2n) is 3.88. The van der Waals surface area contributed by atoms with Crippen LogP contribution in [0.1, 0.15) is 20.7 Å². The highest BCUT2D eigenvalue weighted by molar-refractivity contribution is 6.04. The Morgan fingerprint density at radius 1 is 1.25 bits per heavy atom. The highest BCUT2D eigenvalue weighted by Gasteiger charge is 2.14. The maximum absolute atomic E-state index is 13.5. The zero-order chi connectivity index (χ0) is 14.7. The van der Waals surface area contributed by atoms with Crippen molar-refractivity contribution < 1.29 is 19.1 Å². The summed E-state index contributed by atoms with van der Waals surface area (Å²) in [4.78, 5) is 36.6. The summed E-state index contributed by atoms with van der Waals surface area (Å²) < 4.78 is 13.5. The fourth-order valence-electron chi connectivity index (χ4n) is 1.54.